The molecule has 0 saturated carbocycles. The molecule has 0 bridgehead atoms. The van der Waals surface area contributed by atoms with Crippen LogP contribution in [-0.4, -0.2) is 28.0 Å². The summed E-state index contributed by atoms with van der Waals surface area (Å²) in [4.78, 5) is 4.48. The zero-order valence-corrected chi connectivity index (χ0v) is 10.2. The third-order valence-electron chi connectivity index (χ3n) is 2.72. The van der Waals surface area contributed by atoms with Crippen LogP contribution in [0.15, 0.2) is 0 Å². The van der Waals surface area contributed by atoms with E-state index in [2.05, 4.69) is 33.8 Å². The van der Waals surface area contributed by atoms with Crippen LogP contribution in [0.25, 0.3) is 0 Å². The second kappa shape index (κ2) is 4.45. The summed E-state index contributed by atoms with van der Waals surface area (Å²) in [5.74, 6) is 0.972. The van der Waals surface area contributed by atoms with Gasteiger partial charge in [-0.05, 0) is 26.3 Å². The van der Waals surface area contributed by atoms with Crippen molar-refractivity contribution in [1.29, 1.82) is 0 Å². The van der Waals surface area contributed by atoms with Crippen LogP contribution in [0.5, 0.6) is 0 Å². The van der Waals surface area contributed by atoms with E-state index >= 15 is 0 Å². The van der Waals surface area contributed by atoms with Crippen molar-refractivity contribution in [2.75, 3.05) is 18.4 Å². The number of rotatable bonds is 4. The van der Waals surface area contributed by atoms with Crippen molar-refractivity contribution >= 4 is 16.7 Å². The maximum absolute atomic E-state index is 4.48. The molecule has 1 atom stereocenters. The van der Waals surface area contributed by atoms with Gasteiger partial charge in [-0.3, -0.25) is 0 Å². The molecule has 2 heterocycles. The molecule has 0 aromatic carbocycles. The first kappa shape index (κ1) is 10.8. The molecule has 84 valence electrons. The van der Waals surface area contributed by atoms with Gasteiger partial charge in [0.1, 0.15) is 5.82 Å². The molecule has 1 aromatic rings. The van der Waals surface area contributed by atoms with Crippen molar-refractivity contribution in [3.8, 4) is 0 Å². The van der Waals surface area contributed by atoms with Gasteiger partial charge in [-0.2, -0.15) is 4.37 Å². The van der Waals surface area contributed by atoms with Gasteiger partial charge < -0.3 is 10.6 Å². The minimum Gasteiger partial charge on any atom is -0.354 e. The number of nitrogens with one attached hydrogen (secondary N) is 2. The molecule has 1 unspecified atom stereocenters. The lowest BCUT2D eigenvalue weighted by atomic mass is 10.0. The highest BCUT2D eigenvalue weighted by Crippen LogP contribution is 2.22. The molecular weight excluding hydrogens is 208 g/mol. The molecule has 1 fully saturated rings. The Bertz CT molecular complexity index is 317. The molecule has 0 radical (unpaired) electrons. The molecule has 0 aliphatic carbocycles. The minimum absolute atomic E-state index is 0.156. The van der Waals surface area contributed by atoms with Crippen molar-refractivity contribution in [1.82, 2.24) is 14.7 Å². The van der Waals surface area contributed by atoms with Crippen LogP contribution < -0.4 is 10.6 Å². The average Bonchev–Trinajstić information content (AvgIpc) is 2.77. The summed E-state index contributed by atoms with van der Waals surface area (Å²) in [7, 11) is 0. The summed E-state index contributed by atoms with van der Waals surface area (Å²) in [6, 6.07) is 0. The predicted molar refractivity (Wildman–Crippen MR) is 63.4 cm³/mol. The third-order valence-corrected chi connectivity index (χ3v) is 3.39. The first-order chi connectivity index (χ1) is 7.22. The van der Waals surface area contributed by atoms with Crippen molar-refractivity contribution in [2.24, 2.45) is 0 Å². The van der Waals surface area contributed by atoms with E-state index in [-0.39, 0.29) is 5.54 Å². The first-order valence-electron chi connectivity index (χ1n) is 5.53. The lowest BCUT2D eigenvalue weighted by molar-refractivity contribution is 0.566. The highest BCUT2D eigenvalue weighted by Gasteiger charge is 2.29. The maximum atomic E-state index is 4.48. The molecule has 4 nitrogen and oxygen atoms in total. The fourth-order valence-electron chi connectivity index (χ4n) is 1.81. The van der Waals surface area contributed by atoms with Crippen LogP contribution in [0, 0.1) is 0 Å². The second-order valence-electron chi connectivity index (χ2n) is 4.38. The van der Waals surface area contributed by atoms with Crippen molar-refractivity contribution in [2.45, 2.75) is 38.6 Å². The summed E-state index contributed by atoms with van der Waals surface area (Å²) in [6.07, 6.45) is 3.23. The van der Waals surface area contributed by atoms with E-state index in [4.69, 9.17) is 0 Å². The van der Waals surface area contributed by atoms with E-state index in [9.17, 15) is 0 Å². The van der Waals surface area contributed by atoms with E-state index in [0.717, 1.165) is 43.3 Å². The van der Waals surface area contributed by atoms with Crippen LogP contribution in [0.2, 0.25) is 0 Å². The maximum Gasteiger partial charge on any atom is 0.203 e. The molecule has 15 heavy (non-hydrogen) atoms. The van der Waals surface area contributed by atoms with Gasteiger partial charge in [0.15, 0.2) is 0 Å². The van der Waals surface area contributed by atoms with Gasteiger partial charge in [0.05, 0.1) is 5.54 Å². The number of hydrogen-bond donors (Lipinski definition) is 2. The molecule has 0 spiro atoms. The van der Waals surface area contributed by atoms with Gasteiger partial charge >= 0.3 is 0 Å². The van der Waals surface area contributed by atoms with Crippen LogP contribution in [0.4, 0.5) is 5.13 Å². The monoisotopic (exact) mass is 226 g/mol. The average molecular weight is 226 g/mol. The van der Waals surface area contributed by atoms with Gasteiger partial charge in [0.25, 0.3) is 0 Å². The Balaban J connectivity index is 1.97. The van der Waals surface area contributed by atoms with E-state index in [1.807, 2.05) is 0 Å². The summed E-state index contributed by atoms with van der Waals surface area (Å²) >= 11 is 1.47. The topological polar surface area (TPSA) is 49.8 Å². The molecule has 0 amide bonds. The quantitative estimate of drug-likeness (QED) is 0.819. The second-order valence-corrected chi connectivity index (χ2v) is 5.13. The Morgan fingerprint density at radius 1 is 1.60 bits per heavy atom. The van der Waals surface area contributed by atoms with E-state index in [1.165, 1.54) is 11.5 Å². The number of anilines is 1. The van der Waals surface area contributed by atoms with Crippen molar-refractivity contribution in [3.05, 3.63) is 5.82 Å². The number of aromatic nitrogens is 2. The van der Waals surface area contributed by atoms with Gasteiger partial charge in [-0.25, -0.2) is 4.98 Å². The van der Waals surface area contributed by atoms with E-state index in [1.54, 1.807) is 0 Å². The highest BCUT2D eigenvalue weighted by molar-refractivity contribution is 7.09. The molecule has 1 saturated heterocycles. The number of hydrogen-bond acceptors (Lipinski definition) is 5. The lowest BCUT2D eigenvalue weighted by Crippen LogP contribution is -2.36. The van der Waals surface area contributed by atoms with E-state index < -0.39 is 0 Å². The Morgan fingerprint density at radius 2 is 2.47 bits per heavy atom. The predicted octanol–water partition coefficient (Wildman–Crippen LogP) is 1.65. The van der Waals surface area contributed by atoms with Crippen LogP contribution in [-0.2, 0) is 6.42 Å². The Kier molecular flexibility index (Phi) is 3.21. The molecule has 1 aromatic heterocycles. The van der Waals surface area contributed by atoms with E-state index in [0.29, 0.717) is 0 Å². The Morgan fingerprint density at radius 3 is 3.13 bits per heavy atom. The molecular formula is C10H18N4S. The lowest BCUT2D eigenvalue weighted by Gasteiger charge is -2.23. The zero-order valence-electron chi connectivity index (χ0n) is 9.34. The number of aryl methyl sites for hydroxylation is 1. The first-order valence-corrected chi connectivity index (χ1v) is 6.31. The summed E-state index contributed by atoms with van der Waals surface area (Å²) in [5, 5.41) is 7.80. The number of nitrogens with zero attached hydrogens (tertiary/aromatic N) is 2. The third kappa shape index (κ3) is 2.66. The van der Waals surface area contributed by atoms with Gasteiger partial charge in [-0.15, -0.1) is 0 Å². The van der Waals surface area contributed by atoms with Crippen LogP contribution >= 0.6 is 11.5 Å². The Hall–Kier alpha value is -0.680. The zero-order chi connectivity index (χ0) is 10.7. The largest absolute Gasteiger partial charge is 0.354 e. The van der Waals surface area contributed by atoms with Gasteiger partial charge in [0, 0.05) is 24.5 Å². The molecule has 2 N–H and O–H groups in total. The highest BCUT2D eigenvalue weighted by atomic mass is 32.1. The van der Waals surface area contributed by atoms with Gasteiger partial charge in [-0.1, -0.05) is 6.92 Å². The Labute approximate surface area is 94.7 Å². The molecule has 1 aliphatic rings. The molecule has 2 rings (SSSR count). The van der Waals surface area contributed by atoms with Crippen molar-refractivity contribution in [3.63, 3.8) is 0 Å². The summed E-state index contributed by atoms with van der Waals surface area (Å²) < 4.78 is 4.33. The summed E-state index contributed by atoms with van der Waals surface area (Å²) in [6.45, 7) is 6.48. The normalized spacial score (nSPS) is 25.7. The van der Waals surface area contributed by atoms with Crippen LogP contribution in [0.1, 0.15) is 32.5 Å². The van der Waals surface area contributed by atoms with Crippen LogP contribution in [0.3, 0.4) is 0 Å². The fourth-order valence-corrected chi connectivity index (χ4v) is 2.57. The smallest absolute Gasteiger partial charge is 0.203 e. The molecule has 5 heteroatoms. The fraction of sp³-hybridized carbons (Fsp3) is 0.800. The standard InChI is InChI=1S/C10H18N4S/c1-3-4-8-12-9(15-14-8)13-10(2)5-6-11-7-10/h11H,3-7H2,1-2H3,(H,12,13,14). The molecule has 1 aliphatic heterocycles. The van der Waals surface area contributed by atoms with Crippen molar-refractivity contribution < 1.29 is 0 Å². The summed E-state index contributed by atoms with van der Waals surface area (Å²) in [5.41, 5.74) is 0.156. The minimum atomic E-state index is 0.156. The van der Waals surface area contributed by atoms with Gasteiger partial charge in [0.2, 0.25) is 5.13 Å². The SMILES string of the molecule is CCCc1nsc(NC2(C)CCNC2)n1.